The monoisotopic (exact) mass is 493 g/mol. The van der Waals surface area contributed by atoms with Crippen LogP contribution in [0.5, 0.6) is 5.75 Å². The van der Waals surface area contributed by atoms with Crippen LogP contribution in [-0.4, -0.2) is 25.5 Å². The molecule has 0 bridgehead atoms. The van der Waals surface area contributed by atoms with Crippen molar-refractivity contribution >= 4 is 11.8 Å². The van der Waals surface area contributed by atoms with E-state index in [0.717, 1.165) is 22.4 Å². The number of esters is 1. The summed E-state index contributed by atoms with van der Waals surface area (Å²) >= 11 is 0. The maximum atomic E-state index is 13.8. The molecule has 2 aliphatic rings. The summed E-state index contributed by atoms with van der Waals surface area (Å²) in [5, 5.41) is 3.42. The first-order chi connectivity index (χ1) is 18.1. The summed E-state index contributed by atoms with van der Waals surface area (Å²) in [5.41, 5.74) is 5.72. The third-order valence-electron chi connectivity index (χ3n) is 7.24. The molecule has 1 N–H and O–H groups in total. The minimum absolute atomic E-state index is 0.0422. The van der Waals surface area contributed by atoms with Gasteiger partial charge < -0.3 is 14.8 Å². The average Bonchev–Trinajstić information content (AvgIpc) is 2.93. The van der Waals surface area contributed by atoms with Crippen LogP contribution in [0.2, 0.25) is 0 Å². The van der Waals surface area contributed by atoms with Gasteiger partial charge in [-0.25, -0.2) is 4.79 Å². The molecule has 1 aliphatic carbocycles. The Hall–Kier alpha value is -4.12. The van der Waals surface area contributed by atoms with Crippen molar-refractivity contribution < 1.29 is 19.1 Å². The van der Waals surface area contributed by atoms with Gasteiger partial charge in [0.05, 0.1) is 25.2 Å². The van der Waals surface area contributed by atoms with Gasteiger partial charge in [0, 0.05) is 35.4 Å². The van der Waals surface area contributed by atoms with E-state index in [1.54, 1.807) is 7.11 Å². The van der Waals surface area contributed by atoms with Crippen molar-refractivity contribution in [3.8, 4) is 5.75 Å². The molecule has 5 rings (SSSR count). The van der Waals surface area contributed by atoms with Crippen molar-refractivity contribution in [1.82, 2.24) is 5.32 Å². The first-order valence-corrected chi connectivity index (χ1v) is 12.7. The standard InChI is InChI=1S/C32H31NO4/c1-21-29(32(35)37-18-17-22-11-5-3-6-12-22)30(25-15-9-10-16-28(25)36-2)31-26(33-21)19-24(20-27(31)34)23-13-7-4-8-14-23/h3-16,24,30,33H,17-20H2,1-2H3/t24-,30-/m0/s1. The Balaban J connectivity index is 1.49. The minimum Gasteiger partial charge on any atom is -0.496 e. The molecule has 0 amide bonds. The van der Waals surface area contributed by atoms with Gasteiger partial charge in [0.25, 0.3) is 0 Å². The summed E-state index contributed by atoms with van der Waals surface area (Å²) in [4.78, 5) is 27.3. The molecule has 0 spiro atoms. The van der Waals surface area contributed by atoms with Gasteiger partial charge in [-0.05, 0) is 36.5 Å². The predicted molar refractivity (Wildman–Crippen MR) is 143 cm³/mol. The molecule has 3 aromatic carbocycles. The number of dihydropyridines is 1. The van der Waals surface area contributed by atoms with Crippen LogP contribution in [0, 0.1) is 0 Å². The lowest BCUT2D eigenvalue weighted by molar-refractivity contribution is -0.139. The van der Waals surface area contributed by atoms with Crippen LogP contribution >= 0.6 is 0 Å². The second kappa shape index (κ2) is 10.9. The van der Waals surface area contributed by atoms with E-state index in [2.05, 4.69) is 17.4 Å². The maximum absolute atomic E-state index is 13.8. The molecule has 0 unspecified atom stereocenters. The number of methoxy groups -OCH3 is 1. The number of carbonyl (C=O) groups excluding carboxylic acids is 2. The fourth-order valence-electron chi connectivity index (χ4n) is 5.47. The highest BCUT2D eigenvalue weighted by Crippen LogP contribution is 2.47. The van der Waals surface area contributed by atoms with Crippen LogP contribution in [0.15, 0.2) is 107 Å². The lowest BCUT2D eigenvalue weighted by Gasteiger charge is -2.37. The Morgan fingerprint density at radius 1 is 0.919 bits per heavy atom. The van der Waals surface area contributed by atoms with E-state index in [0.29, 0.717) is 41.9 Å². The summed E-state index contributed by atoms with van der Waals surface area (Å²) in [6, 6.07) is 27.7. The molecule has 0 saturated carbocycles. The number of ether oxygens (including phenoxy) is 2. The number of allylic oxidation sites excluding steroid dienone is 3. The van der Waals surface area contributed by atoms with Gasteiger partial charge in [-0.2, -0.15) is 0 Å². The van der Waals surface area contributed by atoms with Crippen LogP contribution in [-0.2, 0) is 20.7 Å². The quantitative estimate of drug-likeness (QED) is 0.419. The second-order valence-electron chi connectivity index (χ2n) is 9.54. The molecular weight excluding hydrogens is 462 g/mol. The third-order valence-corrected chi connectivity index (χ3v) is 7.24. The van der Waals surface area contributed by atoms with E-state index >= 15 is 0 Å². The van der Waals surface area contributed by atoms with E-state index in [-0.39, 0.29) is 18.3 Å². The highest BCUT2D eigenvalue weighted by Gasteiger charge is 2.42. The summed E-state index contributed by atoms with van der Waals surface area (Å²) in [5.74, 6) is -0.199. The molecule has 1 heterocycles. The summed E-state index contributed by atoms with van der Waals surface area (Å²) in [7, 11) is 1.61. The average molecular weight is 494 g/mol. The molecule has 5 heteroatoms. The number of nitrogens with one attached hydrogen (secondary N) is 1. The van der Waals surface area contributed by atoms with Crippen LogP contribution < -0.4 is 10.1 Å². The lowest BCUT2D eigenvalue weighted by Crippen LogP contribution is -2.36. The highest BCUT2D eigenvalue weighted by molar-refractivity contribution is 6.04. The molecule has 3 aromatic rings. The number of benzene rings is 3. The van der Waals surface area contributed by atoms with Gasteiger partial charge >= 0.3 is 5.97 Å². The molecule has 0 aromatic heterocycles. The number of hydrogen-bond acceptors (Lipinski definition) is 5. The van der Waals surface area contributed by atoms with Gasteiger partial charge in [0.15, 0.2) is 5.78 Å². The highest BCUT2D eigenvalue weighted by atomic mass is 16.5. The molecule has 2 atom stereocenters. The number of hydrogen-bond donors (Lipinski definition) is 1. The van der Waals surface area contributed by atoms with Gasteiger partial charge in [-0.15, -0.1) is 0 Å². The summed E-state index contributed by atoms with van der Waals surface area (Å²) in [6.07, 6.45) is 1.72. The summed E-state index contributed by atoms with van der Waals surface area (Å²) in [6.45, 7) is 2.14. The van der Waals surface area contributed by atoms with Gasteiger partial charge in [0.2, 0.25) is 0 Å². The van der Waals surface area contributed by atoms with Gasteiger partial charge in [0.1, 0.15) is 5.75 Å². The Bertz CT molecular complexity index is 1360. The van der Waals surface area contributed by atoms with Crippen LogP contribution in [0.4, 0.5) is 0 Å². The Kier molecular flexibility index (Phi) is 7.22. The van der Waals surface area contributed by atoms with E-state index in [1.165, 1.54) is 0 Å². The van der Waals surface area contributed by atoms with Gasteiger partial charge in [-0.1, -0.05) is 78.9 Å². The van der Waals surface area contributed by atoms with E-state index in [1.807, 2.05) is 79.7 Å². The molecule has 188 valence electrons. The Labute approximate surface area is 217 Å². The summed E-state index contributed by atoms with van der Waals surface area (Å²) < 4.78 is 11.5. The van der Waals surface area contributed by atoms with Crippen molar-refractivity contribution in [3.05, 3.63) is 124 Å². The largest absolute Gasteiger partial charge is 0.496 e. The Morgan fingerprint density at radius 2 is 1.59 bits per heavy atom. The number of ketones is 1. The van der Waals surface area contributed by atoms with Crippen molar-refractivity contribution in [3.63, 3.8) is 0 Å². The minimum atomic E-state index is -0.555. The molecular formula is C32H31NO4. The van der Waals surface area contributed by atoms with Gasteiger partial charge in [-0.3, -0.25) is 4.79 Å². The zero-order valence-electron chi connectivity index (χ0n) is 21.2. The first kappa shape index (κ1) is 24.6. The SMILES string of the molecule is COc1ccccc1[C@H]1C(C(=O)OCCc2ccccc2)=C(C)NC2=C1C(=O)C[C@@H](c1ccccc1)C2. The topological polar surface area (TPSA) is 64.6 Å². The predicted octanol–water partition coefficient (Wildman–Crippen LogP) is 5.84. The molecule has 0 fully saturated rings. The molecule has 1 aliphatic heterocycles. The molecule has 0 saturated heterocycles. The fourth-order valence-corrected chi connectivity index (χ4v) is 5.47. The third kappa shape index (κ3) is 5.08. The number of rotatable bonds is 7. The van der Waals surface area contributed by atoms with Crippen molar-refractivity contribution in [1.29, 1.82) is 0 Å². The van der Waals surface area contributed by atoms with Crippen LogP contribution in [0.1, 0.15) is 48.3 Å². The normalized spacial score (nSPS) is 19.2. The number of Topliss-reactive ketones (excluding diaryl/α,β-unsaturated/α-hetero) is 1. The first-order valence-electron chi connectivity index (χ1n) is 12.7. The second-order valence-corrected chi connectivity index (χ2v) is 9.54. The number of carbonyl (C=O) groups is 2. The molecule has 5 nitrogen and oxygen atoms in total. The fraction of sp³-hybridized carbons (Fsp3) is 0.250. The van der Waals surface area contributed by atoms with E-state index < -0.39 is 11.9 Å². The van der Waals surface area contributed by atoms with E-state index in [4.69, 9.17) is 9.47 Å². The maximum Gasteiger partial charge on any atom is 0.336 e. The van der Waals surface area contributed by atoms with E-state index in [9.17, 15) is 9.59 Å². The Morgan fingerprint density at radius 3 is 2.32 bits per heavy atom. The van der Waals surface area contributed by atoms with Crippen molar-refractivity contribution in [2.24, 2.45) is 0 Å². The molecule has 0 radical (unpaired) electrons. The lowest BCUT2D eigenvalue weighted by atomic mass is 9.71. The zero-order chi connectivity index (χ0) is 25.8. The smallest absolute Gasteiger partial charge is 0.336 e. The van der Waals surface area contributed by atoms with Crippen molar-refractivity contribution in [2.75, 3.05) is 13.7 Å². The molecule has 37 heavy (non-hydrogen) atoms. The van der Waals surface area contributed by atoms with Crippen LogP contribution in [0.3, 0.4) is 0 Å². The van der Waals surface area contributed by atoms with Crippen molar-refractivity contribution in [2.45, 2.75) is 38.0 Å². The zero-order valence-corrected chi connectivity index (χ0v) is 21.2. The number of para-hydroxylation sites is 1. The van der Waals surface area contributed by atoms with Crippen LogP contribution in [0.25, 0.3) is 0 Å².